The number of carbonyl (C=O) groups excluding carboxylic acids is 1. The number of fused-ring (bicyclic) bond motifs is 1. The van der Waals surface area contributed by atoms with E-state index in [0.717, 1.165) is 11.5 Å². The molecule has 4 rings (SSSR count). The Morgan fingerprint density at radius 1 is 1.13 bits per heavy atom. The van der Waals surface area contributed by atoms with E-state index in [1.807, 2.05) is 40.9 Å². The van der Waals surface area contributed by atoms with Crippen LogP contribution in [0.15, 0.2) is 48.7 Å². The first-order chi connectivity index (χ1) is 11.2. The maximum absolute atomic E-state index is 12.2. The van der Waals surface area contributed by atoms with Crippen LogP contribution < -0.4 is 5.32 Å². The van der Waals surface area contributed by atoms with Gasteiger partial charge in [-0.15, -0.1) is 10.2 Å². The van der Waals surface area contributed by atoms with Crippen molar-refractivity contribution in [2.24, 2.45) is 0 Å². The minimum Gasteiger partial charge on any atom is -0.323 e. The summed E-state index contributed by atoms with van der Waals surface area (Å²) in [5.41, 5.74) is 1.44. The molecule has 0 radical (unpaired) electrons. The molecule has 1 aliphatic rings. The molecule has 7 heteroatoms. The van der Waals surface area contributed by atoms with E-state index in [1.165, 1.54) is 0 Å². The molecule has 0 saturated carbocycles. The van der Waals surface area contributed by atoms with Crippen molar-refractivity contribution in [2.75, 3.05) is 18.4 Å². The summed E-state index contributed by atoms with van der Waals surface area (Å²) in [6, 6.07) is 12.8. The first kappa shape index (κ1) is 14.0. The van der Waals surface area contributed by atoms with Gasteiger partial charge in [0.05, 0.1) is 16.6 Å². The topological polar surface area (TPSA) is 62.5 Å². The second-order valence-electron chi connectivity index (χ2n) is 5.50. The summed E-state index contributed by atoms with van der Waals surface area (Å²) >= 11 is 6.05. The number of anilines is 1. The van der Waals surface area contributed by atoms with E-state index in [1.54, 1.807) is 17.0 Å². The minimum atomic E-state index is -0.150. The first-order valence-corrected chi connectivity index (χ1v) is 7.70. The van der Waals surface area contributed by atoms with Gasteiger partial charge in [-0.3, -0.25) is 4.40 Å². The molecule has 3 heterocycles. The molecule has 116 valence electrons. The number of nitrogens with zero attached hydrogens (tertiary/aromatic N) is 4. The molecule has 1 N–H and O–H groups in total. The van der Waals surface area contributed by atoms with Gasteiger partial charge in [-0.25, -0.2) is 4.79 Å². The van der Waals surface area contributed by atoms with E-state index in [2.05, 4.69) is 15.5 Å². The van der Waals surface area contributed by atoms with E-state index in [9.17, 15) is 4.79 Å². The van der Waals surface area contributed by atoms with Gasteiger partial charge in [0.1, 0.15) is 5.82 Å². The average Bonchev–Trinajstić information content (AvgIpc) is 2.92. The van der Waals surface area contributed by atoms with Gasteiger partial charge < -0.3 is 10.2 Å². The smallest absolute Gasteiger partial charge is 0.321 e. The maximum atomic E-state index is 12.2. The Hall–Kier alpha value is -2.60. The zero-order chi connectivity index (χ0) is 15.8. The molecule has 0 spiro atoms. The fourth-order valence-corrected chi connectivity index (χ4v) is 2.89. The summed E-state index contributed by atoms with van der Waals surface area (Å²) in [4.78, 5) is 14.0. The van der Waals surface area contributed by atoms with Crippen molar-refractivity contribution in [2.45, 2.75) is 5.92 Å². The molecule has 0 aliphatic carbocycles. The molecule has 1 aliphatic heterocycles. The van der Waals surface area contributed by atoms with Crippen LogP contribution in [-0.4, -0.2) is 38.6 Å². The molecule has 1 fully saturated rings. The third-order valence-electron chi connectivity index (χ3n) is 3.99. The van der Waals surface area contributed by atoms with Gasteiger partial charge in [0.2, 0.25) is 0 Å². The van der Waals surface area contributed by atoms with Crippen LogP contribution in [0.3, 0.4) is 0 Å². The van der Waals surface area contributed by atoms with Crippen molar-refractivity contribution in [3.63, 3.8) is 0 Å². The molecule has 1 aromatic carbocycles. The second kappa shape index (κ2) is 5.55. The number of pyridine rings is 1. The predicted octanol–water partition coefficient (Wildman–Crippen LogP) is 3.01. The number of halogens is 1. The number of amides is 2. The van der Waals surface area contributed by atoms with Gasteiger partial charge in [-0.2, -0.15) is 0 Å². The number of nitrogens with one attached hydrogen (secondary N) is 1. The van der Waals surface area contributed by atoms with Crippen LogP contribution >= 0.6 is 11.6 Å². The predicted molar refractivity (Wildman–Crippen MR) is 87.8 cm³/mol. The highest BCUT2D eigenvalue weighted by Gasteiger charge is 2.34. The lowest BCUT2D eigenvalue weighted by molar-refractivity contribution is 0.160. The summed E-state index contributed by atoms with van der Waals surface area (Å²) < 4.78 is 1.97. The molecule has 2 aromatic heterocycles. The van der Waals surface area contributed by atoms with E-state index in [-0.39, 0.29) is 11.9 Å². The van der Waals surface area contributed by atoms with Crippen LogP contribution in [0.2, 0.25) is 5.02 Å². The molecular formula is C16H14ClN5O. The molecule has 3 aromatic rings. The number of rotatable bonds is 2. The highest BCUT2D eigenvalue weighted by molar-refractivity contribution is 6.33. The largest absolute Gasteiger partial charge is 0.323 e. The molecular weight excluding hydrogens is 314 g/mol. The monoisotopic (exact) mass is 327 g/mol. The normalized spacial score (nSPS) is 14.7. The lowest BCUT2D eigenvalue weighted by atomic mass is 10.00. The SMILES string of the molecule is O=C(Nc1ccccc1Cl)N1CC(c2nnc3ccccn23)C1. The van der Waals surface area contributed by atoms with Crippen LogP contribution in [0.5, 0.6) is 0 Å². The number of para-hydroxylation sites is 1. The fraction of sp³-hybridized carbons (Fsp3) is 0.188. The molecule has 0 unspecified atom stereocenters. The van der Waals surface area contributed by atoms with Crippen LogP contribution in [0, 0.1) is 0 Å². The molecule has 2 amide bonds. The highest BCUT2D eigenvalue weighted by Crippen LogP contribution is 2.27. The van der Waals surface area contributed by atoms with Gasteiger partial charge in [0.15, 0.2) is 5.65 Å². The summed E-state index contributed by atoms with van der Waals surface area (Å²) in [5, 5.41) is 11.7. The van der Waals surface area contributed by atoms with Crippen LogP contribution in [0.4, 0.5) is 10.5 Å². The quantitative estimate of drug-likeness (QED) is 0.787. The number of likely N-dealkylation sites (tertiary alicyclic amines) is 1. The fourth-order valence-electron chi connectivity index (χ4n) is 2.70. The van der Waals surface area contributed by atoms with Crippen LogP contribution in [-0.2, 0) is 0 Å². The highest BCUT2D eigenvalue weighted by atomic mass is 35.5. The van der Waals surface area contributed by atoms with E-state index >= 15 is 0 Å². The van der Waals surface area contributed by atoms with Gasteiger partial charge in [-0.05, 0) is 24.3 Å². The standard InChI is InChI=1S/C16H14ClN5O/c17-12-5-1-2-6-13(12)18-16(23)21-9-11(10-21)15-20-19-14-7-3-4-8-22(14)15/h1-8,11H,9-10H2,(H,18,23). The van der Waals surface area contributed by atoms with Crippen molar-refractivity contribution in [3.8, 4) is 0 Å². The van der Waals surface area contributed by atoms with Crippen molar-refractivity contribution in [1.29, 1.82) is 0 Å². The number of benzene rings is 1. The van der Waals surface area contributed by atoms with E-state index in [0.29, 0.717) is 23.8 Å². The summed E-state index contributed by atoms with van der Waals surface area (Å²) in [5.74, 6) is 1.09. The van der Waals surface area contributed by atoms with Crippen LogP contribution in [0.1, 0.15) is 11.7 Å². The first-order valence-electron chi connectivity index (χ1n) is 7.32. The zero-order valence-electron chi connectivity index (χ0n) is 12.2. The second-order valence-corrected chi connectivity index (χ2v) is 5.91. The Bertz CT molecular complexity index is 872. The summed E-state index contributed by atoms with van der Waals surface area (Å²) in [7, 11) is 0. The Morgan fingerprint density at radius 3 is 2.74 bits per heavy atom. The van der Waals surface area contributed by atoms with Crippen molar-refractivity contribution < 1.29 is 4.79 Å². The molecule has 1 saturated heterocycles. The third-order valence-corrected chi connectivity index (χ3v) is 4.32. The number of carbonyl (C=O) groups is 1. The molecule has 0 bridgehead atoms. The lowest BCUT2D eigenvalue weighted by Gasteiger charge is -2.38. The number of urea groups is 1. The number of hydrogen-bond acceptors (Lipinski definition) is 3. The number of hydrogen-bond donors (Lipinski definition) is 1. The zero-order valence-corrected chi connectivity index (χ0v) is 12.9. The molecule has 0 atom stereocenters. The van der Waals surface area contributed by atoms with Gasteiger partial charge in [0, 0.05) is 19.3 Å². The molecule has 23 heavy (non-hydrogen) atoms. The lowest BCUT2D eigenvalue weighted by Crippen LogP contribution is -2.50. The Morgan fingerprint density at radius 2 is 1.91 bits per heavy atom. The summed E-state index contributed by atoms with van der Waals surface area (Å²) in [6.45, 7) is 1.23. The van der Waals surface area contributed by atoms with Gasteiger partial charge >= 0.3 is 6.03 Å². The van der Waals surface area contributed by atoms with Gasteiger partial charge in [-0.1, -0.05) is 29.8 Å². The van der Waals surface area contributed by atoms with E-state index in [4.69, 9.17) is 11.6 Å². The number of aromatic nitrogens is 3. The van der Waals surface area contributed by atoms with E-state index < -0.39 is 0 Å². The van der Waals surface area contributed by atoms with Crippen molar-refractivity contribution in [1.82, 2.24) is 19.5 Å². The maximum Gasteiger partial charge on any atom is 0.321 e. The van der Waals surface area contributed by atoms with Crippen LogP contribution in [0.25, 0.3) is 5.65 Å². The van der Waals surface area contributed by atoms with Gasteiger partial charge in [0.25, 0.3) is 0 Å². The average molecular weight is 328 g/mol. The van der Waals surface area contributed by atoms with Crippen molar-refractivity contribution in [3.05, 3.63) is 59.5 Å². The van der Waals surface area contributed by atoms with Crippen molar-refractivity contribution >= 4 is 29.0 Å². The third kappa shape index (κ3) is 2.51. The Balaban J connectivity index is 1.43. The molecule has 6 nitrogen and oxygen atoms in total. The Labute approximate surface area is 137 Å². The minimum absolute atomic E-state index is 0.150. The Kier molecular flexibility index (Phi) is 3.38. The summed E-state index contributed by atoms with van der Waals surface area (Å²) in [6.07, 6.45) is 1.94.